The van der Waals surface area contributed by atoms with Crippen LogP contribution in [0.2, 0.25) is 40.9 Å². The largest absolute Gasteiger partial charge is 0.466 e. The molecule has 22 rings (SSSR count). The van der Waals surface area contributed by atoms with Crippen LogP contribution in [0.25, 0.3) is 0 Å². The first kappa shape index (κ1) is 53.1. The zero-order valence-corrected chi connectivity index (χ0v) is 43.6. The highest BCUT2D eigenvalue weighted by atomic mass is 16.7. The van der Waals surface area contributed by atoms with E-state index in [4.69, 9.17) is 82.3 Å². The van der Waals surface area contributed by atoms with Gasteiger partial charge in [0.15, 0.2) is 0 Å². The molecule has 78 heavy (non-hydrogen) atoms. The van der Waals surface area contributed by atoms with Gasteiger partial charge in [0.1, 0.15) is 0 Å². The molecule has 372 valence electrons. The van der Waals surface area contributed by atoms with E-state index < -0.39 is 128 Å². The molecule has 0 atom stereocenters. The summed E-state index contributed by atoms with van der Waals surface area (Å²) < 4.78 is 112. The Balaban J connectivity index is 0.768. The number of hydrogen-bond acceptors (Lipinski definition) is 18. The zero-order valence-electron chi connectivity index (χ0n) is 43.6. The molecule has 0 amide bonds. The van der Waals surface area contributed by atoms with Crippen LogP contribution in [-0.4, -0.2) is 128 Å². The van der Waals surface area contributed by atoms with Gasteiger partial charge in [-0.2, -0.15) is 0 Å². The first-order valence-electron chi connectivity index (χ1n) is 26.3. The predicted octanol–water partition coefficient (Wildman–Crippen LogP) is -4.37. The van der Waals surface area contributed by atoms with Crippen LogP contribution in [0.3, 0.4) is 0 Å². The third-order valence-electron chi connectivity index (χ3n) is 14.2. The summed E-state index contributed by atoms with van der Waals surface area (Å²) in [5, 5.41) is 0. The minimum Gasteiger partial charge on any atom is -0.449 e. The maximum atomic E-state index is 6.42. The van der Waals surface area contributed by atoms with E-state index in [1.54, 1.807) is 0 Å². The van der Waals surface area contributed by atoms with Gasteiger partial charge in [-0.1, -0.05) is 146 Å². The molecular formula is C42H42B18O18. The Kier molecular flexibility index (Phi) is 15.6. The molecule has 0 N–H and O–H groups in total. The third-order valence-corrected chi connectivity index (χ3v) is 14.2. The lowest BCUT2D eigenvalue weighted by atomic mass is 9.60. The Morgan fingerprint density at radius 2 is 0.218 bits per heavy atom. The molecular weight excluding hydrogens is 987 g/mol. The van der Waals surface area contributed by atoms with E-state index in [1.165, 1.54) is 0 Å². The topological polar surface area (TPSA) is 166 Å². The van der Waals surface area contributed by atoms with E-state index in [-0.39, 0.29) is 0 Å². The summed E-state index contributed by atoms with van der Waals surface area (Å²) in [6.45, 7) is 11.1. The molecule has 0 aromatic heterocycles. The molecule has 24 bridgehead atoms. The summed E-state index contributed by atoms with van der Waals surface area (Å²) in [4.78, 5) is 0. The van der Waals surface area contributed by atoms with Gasteiger partial charge >= 0.3 is 128 Å². The molecule has 0 saturated carbocycles. The minimum atomic E-state index is -0.720. The number of benzene rings is 6. The van der Waals surface area contributed by atoms with Crippen molar-refractivity contribution in [3.63, 3.8) is 0 Å². The van der Waals surface area contributed by atoms with Gasteiger partial charge in [-0.15, -0.1) is 0 Å². The van der Waals surface area contributed by atoms with Crippen LogP contribution in [0, 0.1) is 0 Å². The summed E-state index contributed by atoms with van der Waals surface area (Å²) in [6.07, 6.45) is 0. The van der Waals surface area contributed by atoms with Crippen molar-refractivity contribution in [3.8, 4) is 0 Å². The Morgan fingerprint density at radius 1 is 0.141 bits per heavy atom. The van der Waals surface area contributed by atoms with Gasteiger partial charge in [-0.05, 0) is 106 Å². The number of hydrogen-bond donors (Lipinski definition) is 0. The maximum absolute atomic E-state index is 6.42. The lowest BCUT2D eigenvalue weighted by Crippen LogP contribution is -2.59. The van der Waals surface area contributed by atoms with Crippen molar-refractivity contribution < 1.29 is 82.3 Å². The fourth-order valence-electron chi connectivity index (χ4n) is 10.1. The molecule has 18 nitrogen and oxygen atoms in total. The SMILES string of the molecule is CB1OB2OB(O1)c1ccc(cc1)B1OB(C)OB(O1)c1ccc(cc1)B1OB(C)OB(O1)c1ccc(cc1)B1OB(C)OB(O1)c1ccc(cc1)B1OB(C)OB(O1)c1ccc(cc1)B1OB(C)OB(O1)c1ccc2cc1. The highest BCUT2D eigenvalue weighted by molar-refractivity contribution is 6.88. The molecule has 0 unspecified atom stereocenters. The Bertz CT molecular complexity index is 2310. The minimum absolute atomic E-state index is 0.567. The van der Waals surface area contributed by atoms with E-state index in [1.807, 2.05) is 187 Å². The van der Waals surface area contributed by atoms with Crippen LogP contribution in [-0.2, 0) is 82.3 Å². The molecule has 16 aliphatic heterocycles. The second kappa shape index (κ2) is 23.0. The lowest BCUT2D eigenvalue weighted by molar-refractivity contribution is 0.301. The van der Waals surface area contributed by atoms with E-state index in [0.717, 1.165) is 65.6 Å². The third kappa shape index (κ3) is 11.6. The second-order valence-electron chi connectivity index (χ2n) is 19.8. The first-order chi connectivity index (χ1) is 38.0. The maximum Gasteiger partial charge on any atom is 0.466 e. The Hall–Kier alpha value is -4.23. The average molecular weight is 1030 g/mol. The fourth-order valence-corrected chi connectivity index (χ4v) is 10.1. The molecule has 36 heteroatoms. The smallest absolute Gasteiger partial charge is 0.449 e. The quantitative estimate of drug-likeness (QED) is 0.134. The summed E-state index contributed by atoms with van der Waals surface area (Å²) >= 11 is 0. The molecule has 0 radical (unpaired) electrons. The average Bonchev–Trinajstić information content (AvgIpc) is 3.47. The Labute approximate surface area is 460 Å². The van der Waals surface area contributed by atoms with Crippen LogP contribution in [0.5, 0.6) is 0 Å². The van der Waals surface area contributed by atoms with Gasteiger partial charge < -0.3 is 82.3 Å². The monoisotopic (exact) mass is 1030 g/mol. The van der Waals surface area contributed by atoms with E-state index in [0.29, 0.717) is 0 Å². The normalized spacial score (nSPS) is 19.3. The van der Waals surface area contributed by atoms with Crippen molar-refractivity contribution in [3.05, 3.63) is 146 Å². The highest BCUT2D eigenvalue weighted by Gasteiger charge is 2.47. The van der Waals surface area contributed by atoms with Gasteiger partial charge in [0, 0.05) is 0 Å². The molecule has 16 heterocycles. The first-order valence-corrected chi connectivity index (χ1v) is 26.3. The van der Waals surface area contributed by atoms with Crippen molar-refractivity contribution in [1.29, 1.82) is 0 Å². The van der Waals surface area contributed by atoms with Crippen molar-refractivity contribution >= 4 is 194 Å². The van der Waals surface area contributed by atoms with Crippen LogP contribution < -0.4 is 65.6 Å². The van der Waals surface area contributed by atoms with Crippen LogP contribution in [0.1, 0.15) is 0 Å². The van der Waals surface area contributed by atoms with Crippen molar-refractivity contribution in [2.75, 3.05) is 0 Å². The van der Waals surface area contributed by atoms with Gasteiger partial charge in [-0.25, -0.2) is 0 Å². The van der Waals surface area contributed by atoms with Gasteiger partial charge in [0.2, 0.25) is 0 Å². The van der Waals surface area contributed by atoms with Crippen LogP contribution in [0.15, 0.2) is 146 Å². The molecule has 0 aliphatic carbocycles. The summed E-state index contributed by atoms with van der Waals surface area (Å²) in [7, 11) is -12.0. The molecule has 6 saturated heterocycles. The predicted molar refractivity (Wildman–Crippen MR) is 313 cm³/mol. The summed E-state index contributed by atoms with van der Waals surface area (Å²) in [5.41, 5.74) is 9.50. The molecule has 6 aromatic rings. The Morgan fingerprint density at radius 3 is 0.295 bits per heavy atom. The standard InChI is InChI=1S/C42H42B18O18/c1-43-61-49-31-7-11-33(12-8-31)51-63-44(2)65-53(74-51)35-15-19-37(20-16-35)55-67-46(4)69-57(76-55)39-23-27-41(28-24-39)59-71-48(6)72-60(78-59)42-29-25-40(26-30-42)58-70-47(5)68-56(77-58)38-21-17-36(18-22-38)54-66-45(3)64-52(75-54)34-13-9-32(10-14-34)50(62-43)73-49/h7-30H,1-6H3. The molecule has 16 aliphatic rings. The van der Waals surface area contributed by atoms with Crippen molar-refractivity contribution in [1.82, 2.24) is 0 Å². The van der Waals surface area contributed by atoms with Crippen LogP contribution in [0.4, 0.5) is 0 Å². The van der Waals surface area contributed by atoms with E-state index in [9.17, 15) is 0 Å². The van der Waals surface area contributed by atoms with E-state index in [2.05, 4.69) is 0 Å². The van der Waals surface area contributed by atoms with Gasteiger partial charge in [0.25, 0.3) is 0 Å². The van der Waals surface area contributed by atoms with Gasteiger partial charge in [0.05, 0.1) is 0 Å². The molecule has 6 aromatic carbocycles. The van der Waals surface area contributed by atoms with Gasteiger partial charge in [-0.3, -0.25) is 0 Å². The lowest BCUT2D eigenvalue weighted by Gasteiger charge is -2.32. The second-order valence-corrected chi connectivity index (χ2v) is 19.8. The number of rotatable bonds is 0. The zero-order chi connectivity index (χ0) is 53.0. The fraction of sp³-hybridized carbons (Fsp3) is 0.143. The summed E-state index contributed by atoms with van der Waals surface area (Å²) in [5.74, 6) is 0. The van der Waals surface area contributed by atoms with E-state index >= 15 is 0 Å². The van der Waals surface area contributed by atoms with Crippen LogP contribution >= 0.6 is 0 Å². The summed E-state index contributed by atoms with van der Waals surface area (Å²) in [6, 6.07) is 46.4. The highest BCUT2D eigenvalue weighted by Crippen LogP contribution is 2.17. The van der Waals surface area contributed by atoms with Crippen molar-refractivity contribution in [2.24, 2.45) is 0 Å². The van der Waals surface area contributed by atoms with Crippen molar-refractivity contribution in [2.45, 2.75) is 40.9 Å². The molecule has 0 spiro atoms. The molecule has 6 fully saturated rings.